The second-order valence-corrected chi connectivity index (χ2v) is 2.00. The average Bonchev–Trinajstić information content (AvgIpc) is 2.33. The highest BCUT2D eigenvalue weighted by atomic mass is 14.7. The van der Waals surface area contributed by atoms with Crippen LogP contribution in [0.2, 0.25) is 0 Å². The van der Waals surface area contributed by atoms with Crippen molar-refractivity contribution >= 4 is 24.5 Å². The van der Waals surface area contributed by atoms with E-state index in [9.17, 15) is 0 Å². The maximum Gasteiger partial charge on any atom is 0.209 e. The second kappa shape index (κ2) is 1.73. The monoisotopic (exact) mass is 114 g/mol. The minimum atomic E-state index is 1.08. The minimum Gasteiger partial charge on any atom is -0.272 e. The highest BCUT2D eigenvalue weighted by Gasteiger charge is 2.03. The zero-order valence-electron chi connectivity index (χ0n) is 4.91. The Kier molecular flexibility index (Phi) is 0.920. The summed E-state index contributed by atoms with van der Waals surface area (Å²) in [6, 6.07) is 8.08. The number of para-hydroxylation sites is 1. The first-order chi connectivity index (χ1) is 4.47. The van der Waals surface area contributed by atoms with Crippen molar-refractivity contribution in [1.29, 1.82) is 0 Å². The highest BCUT2D eigenvalue weighted by Crippen LogP contribution is 2.08. The van der Waals surface area contributed by atoms with Crippen LogP contribution in [-0.4, -0.2) is 13.4 Å². The lowest BCUT2D eigenvalue weighted by Gasteiger charge is -1.91. The van der Waals surface area contributed by atoms with E-state index in [1.807, 2.05) is 31.6 Å². The summed E-state index contributed by atoms with van der Waals surface area (Å²) in [5.74, 6) is 0. The number of aliphatic imine (C=N–C) groups is 1. The third-order valence-corrected chi connectivity index (χ3v) is 1.40. The molecule has 0 aliphatic carbocycles. The van der Waals surface area contributed by atoms with E-state index < -0.39 is 0 Å². The summed E-state index contributed by atoms with van der Waals surface area (Å²) in [5.41, 5.74) is 2.30. The fourth-order valence-electron chi connectivity index (χ4n) is 0.944. The number of hydrogen-bond donors (Lipinski definition) is 0. The molecule has 2 rings (SSSR count). The molecule has 0 spiro atoms. The van der Waals surface area contributed by atoms with Crippen molar-refractivity contribution in [2.45, 2.75) is 0 Å². The normalized spacial score (nSPS) is 12.9. The quantitative estimate of drug-likeness (QED) is 0.440. The lowest BCUT2D eigenvalue weighted by atomic mass is 9.74. The van der Waals surface area contributed by atoms with Crippen LogP contribution in [0.5, 0.6) is 0 Å². The topological polar surface area (TPSA) is 12.4 Å². The van der Waals surface area contributed by atoms with Gasteiger partial charge in [-0.25, -0.2) is 0 Å². The van der Waals surface area contributed by atoms with Crippen LogP contribution in [0.3, 0.4) is 0 Å². The molecule has 9 heavy (non-hydrogen) atoms. The summed E-state index contributed by atoms with van der Waals surface area (Å²) < 4.78 is 0. The molecule has 1 aromatic rings. The SMILES string of the molecule is [B]1C=Nc2ccccc21. The van der Waals surface area contributed by atoms with E-state index >= 15 is 0 Å². The van der Waals surface area contributed by atoms with Gasteiger partial charge in [0.05, 0.1) is 5.69 Å². The molecule has 0 saturated heterocycles. The predicted octanol–water partition coefficient (Wildman–Crippen LogP) is 0.689. The molecule has 1 aliphatic rings. The molecule has 0 atom stereocenters. The molecule has 0 N–H and O–H groups in total. The minimum absolute atomic E-state index is 1.08. The first kappa shape index (κ1) is 4.80. The molecule has 0 fully saturated rings. The van der Waals surface area contributed by atoms with Crippen molar-refractivity contribution in [3.8, 4) is 0 Å². The van der Waals surface area contributed by atoms with E-state index in [-0.39, 0.29) is 0 Å². The highest BCUT2D eigenvalue weighted by molar-refractivity contribution is 6.82. The molecule has 0 aromatic heterocycles. The van der Waals surface area contributed by atoms with Crippen molar-refractivity contribution < 1.29 is 0 Å². The average molecular weight is 114 g/mol. The largest absolute Gasteiger partial charge is 0.272 e. The molecular weight excluding hydrogens is 109 g/mol. The molecule has 1 aliphatic heterocycles. The van der Waals surface area contributed by atoms with E-state index in [1.165, 1.54) is 5.46 Å². The van der Waals surface area contributed by atoms with Gasteiger partial charge < -0.3 is 0 Å². The molecule has 1 radical (unpaired) electrons. The van der Waals surface area contributed by atoms with Crippen molar-refractivity contribution in [3.05, 3.63) is 24.3 Å². The van der Waals surface area contributed by atoms with E-state index in [0.29, 0.717) is 0 Å². The summed E-state index contributed by atoms with van der Waals surface area (Å²) in [4.78, 5) is 4.12. The molecule has 1 nitrogen and oxygen atoms in total. The fraction of sp³-hybridized carbons (Fsp3) is 0. The molecule has 1 heterocycles. The van der Waals surface area contributed by atoms with Gasteiger partial charge in [-0.05, 0) is 12.2 Å². The molecule has 0 amide bonds. The van der Waals surface area contributed by atoms with Gasteiger partial charge >= 0.3 is 0 Å². The number of nitrogens with zero attached hydrogens (tertiary/aromatic N) is 1. The lowest BCUT2D eigenvalue weighted by Crippen LogP contribution is -2.09. The maximum atomic E-state index is 4.12. The Balaban J connectivity index is 2.63. The van der Waals surface area contributed by atoms with Gasteiger partial charge in [0.15, 0.2) is 0 Å². The first-order valence-electron chi connectivity index (χ1n) is 2.93. The number of fused-ring (bicyclic) bond motifs is 1. The summed E-state index contributed by atoms with van der Waals surface area (Å²) in [7, 11) is 2.01. The fourth-order valence-corrected chi connectivity index (χ4v) is 0.944. The van der Waals surface area contributed by atoms with Crippen molar-refractivity contribution in [1.82, 2.24) is 0 Å². The summed E-state index contributed by atoms with van der Waals surface area (Å²) >= 11 is 0. The Morgan fingerprint density at radius 1 is 1.22 bits per heavy atom. The van der Waals surface area contributed by atoms with Gasteiger partial charge in [-0.1, -0.05) is 23.7 Å². The Labute approximate surface area is 54.7 Å². The van der Waals surface area contributed by atoms with Gasteiger partial charge in [0.2, 0.25) is 7.28 Å². The molecule has 2 heteroatoms. The molecule has 41 valence electrons. The van der Waals surface area contributed by atoms with Gasteiger partial charge in [-0.15, -0.1) is 0 Å². The molecule has 0 bridgehead atoms. The lowest BCUT2D eigenvalue weighted by molar-refractivity contribution is 1.60. The molecule has 0 unspecified atom stereocenters. The van der Waals surface area contributed by atoms with Crippen molar-refractivity contribution in [3.63, 3.8) is 0 Å². The Morgan fingerprint density at radius 3 is 3.00 bits per heavy atom. The first-order valence-corrected chi connectivity index (χ1v) is 2.93. The molecule has 1 aromatic carbocycles. The van der Waals surface area contributed by atoms with Gasteiger partial charge in [0.1, 0.15) is 0 Å². The summed E-state index contributed by atoms with van der Waals surface area (Å²) in [5, 5.41) is 0. The smallest absolute Gasteiger partial charge is 0.209 e. The number of hydrogen-bond acceptors (Lipinski definition) is 1. The zero-order chi connectivity index (χ0) is 6.10. The van der Waals surface area contributed by atoms with E-state index in [1.54, 1.807) is 0 Å². The van der Waals surface area contributed by atoms with Crippen molar-refractivity contribution in [2.75, 3.05) is 0 Å². The Morgan fingerprint density at radius 2 is 2.11 bits per heavy atom. The Bertz CT molecular complexity index is 255. The third-order valence-electron chi connectivity index (χ3n) is 1.40. The van der Waals surface area contributed by atoms with Crippen LogP contribution in [0, 0.1) is 0 Å². The molecule has 0 saturated carbocycles. The van der Waals surface area contributed by atoms with Crippen LogP contribution in [-0.2, 0) is 0 Å². The van der Waals surface area contributed by atoms with Gasteiger partial charge in [-0.2, -0.15) is 0 Å². The molecular formula is C7H5BN. The number of benzene rings is 1. The number of rotatable bonds is 0. The van der Waals surface area contributed by atoms with Gasteiger partial charge in [-0.3, -0.25) is 4.99 Å². The van der Waals surface area contributed by atoms with Crippen LogP contribution in [0.15, 0.2) is 29.3 Å². The Hall–Kier alpha value is -1.05. The standard InChI is InChI=1S/C7H5BN/c1-2-4-7-6(3-1)8-5-9-7/h1-5H. The summed E-state index contributed by atoms with van der Waals surface area (Å²) in [6.45, 7) is 0. The van der Waals surface area contributed by atoms with E-state index in [4.69, 9.17) is 0 Å². The maximum absolute atomic E-state index is 4.12. The van der Waals surface area contributed by atoms with Crippen LogP contribution in [0.4, 0.5) is 5.69 Å². The van der Waals surface area contributed by atoms with E-state index in [2.05, 4.69) is 11.1 Å². The van der Waals surface area contributed by atoms with Gasteiger partial charge in [0, 0.05) is 0 Å². The summed E-state index contributed by atoms with van der Waals surface area (Å²) in [6.07, 6.45) is 1.82. The van der Waals surface area contributed by atoms with Gasteiger partial charge in [0.25, 0.3) is 0 Å². The van der Waals surface area contributed by atoms with Crippen LogP contribution >= 0.6 is 0 Å². The second-order valence-electron chi connectivity index (χ2n) is 2.00. The third kappa shape index (κ3) is 0.671. The van der Waals surface area contributed by atoms with E-state index in [0.717, 1.165) is 5.69 Å². The van der Waals surface area contributed by atoms with Crippen molar-refractivity contribution in [2.24, 2.45) is 4.99 Å². The van der Waals surface area contributed by atoms with Crippen LogP contribution in [0.25, 0.3) is 0 Å². The van der Waals surface area contributed by atoms with Crippen LogP contribution in [0.1, 0.15) is 0 Å². The predicted molar refractivity (Wildman–Crippen MR) is 40.0 cm³/mol. The van der Waals surface area contributed by atoms with Crippen LogP contribution < -0.4 is 5.46 Å². The zero-order valence-corrected chi connectivity index (χ0v) is 4.91.